The van der Waals surface area contributed by atoms with Crippen molar-refractivity contribution in [3.05, 3.63) is 63.5 Å². The van der Waals surface area contributed by atoms with Gasteiger partial charge in [0.25, 0.3) is 11.8 Å². The standard InChI is InChI=1S/C18H12BrN3O2S/c1-22-13-5-3-2-4-12(13)14(17(22)24)15-16(23)21-18(25-15)20-11-8-6-10(19)7-9-11/h2-9H,1H3,(H,20,21,23)/b15-14-. The van der Waals surface area contributed by atoms with Gasteiger partial charge in [-0.15, -0.1) is 0 Å². The molecule has 1 saturated heterocycles. The van der Waals surface area contributed by atoms with Crippen molar-refractivity contribution in [2.24, 2.45) is 4.99 Å². The Kier molecular flexibility index (Phi) is 3.97. The van der Waals surface area contributed by atoms with E-state index in [2.05, 4.69) is 26.2 Å². The molecular formula is C18H12BrN3O2S. The topological polar surface area (TPSA) is 61.8 Å². The van der Waals surface area contributed by atoms with Gasteiger partial charge in [0.2, 0.25) is 0 Å². The zero-order valence-electron chi connectivity index (χ0n) is 13.1. The van der Waals surface area contributed by atoms with Gasteiger partial charge in [-0.05, 0) is 42.1 Å². The highest BCUT2D eigenvalue weighted by Crippen LogP contribution is 2.42. The molecule has 4 rings (SSSR count). The maximum absolute atomic E-state index is 12.6. The average Bonchev–Trinajstić information content (AvgIpc) is 3.08. The zero-order valence-corrected chi connectivity index (χ0v) is 15.5. The number of anilines is 1. The number of benzene rings is 2. The molecule has 0 atom stereocenters. The number of fused-ring (bicyclic) bond motifs is 1. The minimum Gasteiger partial charge on any atom is -0.311 e. The molecule has 2 heterocycles. The molecule has 0 radical (unpaired) electrons. The summed E-state index contributed by atoms with van der Waals surface area (Å²) in [5, 5.41) is 3.21. The summed E-state index contributed by atoms with van der Waals surface area (Å²) in [5.41, 5.74) is 2.74. The number of rotatable bonds is 1. The fraction of sp³-hybridized carbons (Fsp3) is 0.0556. The maximum Gasteiger partial charge on any atom is 0.264 e. The Hall–Kier alpha value is -2.38. The third kappa shape index (κ3) is 2.79. The van der Waals surface area contributed by atoms with Crippen molar-refractivity contribution in [1.29, 1.82) is 0 Å². The lowest BCUT2D eigenvalue weighted by Gasteiger charge is -2.08. The predicted octanol–water partition coefficient (Wildman–Crippen LogP) is 3.69. The SMILES string of the molecule is CN1C(=O)/C(=C2\SC(=Nc3ccc(Br)cc3)NC2=O)c2ccccc21. The van der Waals surface area contributed by atoms with Gasteiger partial charge >= 0.3 is 0 Å². The molecular weight excluding hydrogens is 402 g/mol. The van der Waals surface area contributed by atoms with Crippen LogP contribution in [0, 0.1) is 0 Å². The molecule has 2 amide bonds. The van der Waals surface area contributed by atoms with E-state index in [0.717, 1.165) is 21.4 Å². The molecule has 0 aromatic heterocycles. The van der Waals surface area contributed by atoms with Gasteiger partial charge in [-0.2, -0.15) is 0 Å². The Labute approximate surface area is 156 Å². The van der Waals surface area contributed by atoms with Crippen LogP contribution in [-0.4, -0.2) is 24.0 Å². The summed E-state index contributed by atoms with van der Waals surface area (Å²) in [6.07, 6.45) is 0. The van der Waals surface area contributed by atoms with E-state index in [4.69, 9.17) is 0 Å². The highest BCUT2D eigenvalue weighted by Gasteiger charge is 2.37. The molecule has 2 aliphatic rings. The molecule has 0 bridgehead atoms. The Morgan fingerprint density at radius 3 is 2.56 bits per heavy atom. The molecule has 2 aromatic rings. The van der Waals surface area contributed by atoms with E-state index >= 15 is 0 Å². The largest absolute Gasteiger partial charge is 0.311 e. The van der Waals surface area contributed by atoms with Gasteiger partial charge in [-0.25, -0.2) is 4.99 Å². The molecule has 0 unspecified atom stereocenters. The predicted molar refractivity (Wildman–Crippen MR) is 104 cm³/mol. The van der Waals surface area contributed by atoms with Crippen LogP contribution in [0.4, 0.5) is 11.4 Å². The van der Waals surface area contributed by atoms with Crippen molar-refractivity contribution >= 4 is 61.6 Å². The number of hydrogen-bond donors (Lipinski definition) is 1. The number of halogens is 1. The average molecular weight is 414 g/mol. The van der Waals surface area contributed by atoms with Crippen molar-refractivity contribution in [1.82, 2.24) is 5.32 Å². The minimum absolute atomic E-state index is 0.177. The molecule has 1 fully saturated rings. The van der Waals surface area contributed by atoms with Gasteiger partial charge in [0, 0.05) is 17.1 Å². The molecule has 5 nitrogen and oxygen atoms in total. The minimum atomic E-state index is -0.297. The van der Waals surface area contributed by atoms with Crippen LogP contribution in [0.3, 0.4) is 0 Å². The molecule has 25 heavy (non-hydrogen) atoms. The van der Waals surface area contributed by atoms with Crippen LogP contribution in [0.25, 0.3) is 5.57 Å². The molecule has 0 saturated carbocycles. The molecule has 0 aliphatic carbocycles. The van der Waals surface area contributed by atoms with Crippen LogP contribution in [0.1, 0.15) is 5.56 Å². The number of amidine groups is 1. The number of aliphatic imine (C=N–C) groups is 1. The van der Waals surface area contributed by atoms with Crippen LogP contribution in [0.15, 0.2) is 62.9 Å². The Bertz CT molecular complexity index is 967. The summed E-state index contributed by atoms with van der Waals surface area (Å²) in [4.78, 5) is 31.4. The number of carbonyl (C=O) groups is 2. The van der Waals surface area contributed by atoms with E-state index in [1.54, 1.807) is 11.9 Å². The third-order valence-electron chi connectivity index (χ3n) is 3.96. The van der Waals surface area contributed by atoms with E-state index in [9.17, 15) is 9.59 Å². The van der Waals surface area contributed by atoms with Crippen LogP contribution in [0.5, 0.6) is 0 Å². The fourth-order valence-corrected chi connectivity index (χ4v) is 3.96. The van der Waals surface area contributed by atoms with Crippen molar-refractivity contribution < 1.29 is 9.59 Å². The highest BCUT2D eigenvalue weighted by atomic mass is 79.9. The van der Waals surface area contributed by atoms with Crippen LogP contribution < -0.4 is 10.2 Å². The molecule has 2 aromatic carbocycles. The van der Waals surface area contributed by atoms with E-state index < -0.39 is 0 Å². The van der Waals surface area contributed by atoms with Crippen molar-refractivity contribution in [3.63, 3.8) is 0 Å². The second kappa shape index (κ2) is 6.16. The second-order valence-electron chi connectivity index (χ2n) is 5.54. The van der Waals surface area contributed by atoms with E-state index in [1.807, 2.05) is 48.5 Å². The first-order valence-corrected chi connectivity index (χ1v) is 9.11. The summed E-state index contributed by atoms with van der Waals surface area (Å²) < 4.78 is 0.957. The van der Waals surface area contributed by atoms with Gasteiger partial charge in [0.1, 0.15) is 0 Å². The first kappa shape index (κ1) is 16.1. The van der Waals surface area contributed by atoms with Gasteiger partial charge in [0.15, 0.2) is 5.17 Å². The summed E-state index contributed by atoms with van der Waals surface area (Å²) in [6.45, 7) is 0. The summed E-state index contributed by atoms with van der Waals surface area (Å²) >= 11 is 4.57. The van der Waals surface area contributed by atoms with Crippen molar-refractivity contribution in [2.75, 3.05) is 11.9 Å². The normalized spacial score (nSPS) is 21.0. The lowest BCUT2D eigenvalue weighted by molar-refractivity contribution is -0.116. The van der Waals surface area contributed by atoms with Crippen LogP contribution in [0.2, 0.25) is 0 Å². The zero-order chi connectivity index (χ0) is 17.6. The smallest absolute Gasteiger partial charge is 0.264 e. The number of nitrogens with one attached hydrogen (secondary N) is 1. The Morgan fingerprint density at radius 2 is 1.80 bits per heavy atom. The van der Waals surface area contributed by atoms with E-state index in [-0.39, 0.29) is 11.8 Å². The van der Waals surface area contributed by atoms with Gasteiger partial charge in [-0.1, -0.05) is 34.1 Å². The molecule has 124 valence electrons. The second-order valence-corrected chi connectivity index (χ2v) is 7.45. The number of hydrogen-bond acceptors (Lipinski definition) is 4. The van der Waals surface area contributed by atoms with Crippen LogP contribution in [-0.2, 0) is 9.59 Å². The monoisotopic (exact) mass is 413 g/mol. The van der Waals surface area contributed by atoms with Crippen molar-refractivity contribution in [3.8, 4) is 0 Å². The third-order valence-corrected chi connectivity index (χ3v) is 5.47. The number of carbonyl (C=O) groups excluding carboxylic acids is 2. The lowest BCUT2D eigenvalue weighted by Crippen LogP contribution is -2.23. The molecule has 0 spiro atoms. The molecule has 2 aliphatic heterocycles. The van der Waals surface area contributed by atoms with E-state index in [1.165, 1.54) is 11.8 Å². The first-order valence-electron chi connectivity index (χ1n) is 7.50. The number of nitrogens with zero attached hydrogens (tertiary/aromatic N) is 2. The van der Waals surface area contributed by atoms with Crippen molar-refractivity contribution in [2.45, 2.75) is 0 Å². The Morgan fingerprint density at radius 1 is 1.08 bits per heavy atom. The number of para-hydroxylation sites is 1. The summed E-state index contributed by atoms with van der Waals surface area (Å²) in [7, 11) is 1.71. The highest BCUT2D eigenvalue weighted by molar-refractivity contribution is 9.10. The fourth-order valence-electron chi connectivity index (χ4n) is 2.76. The van der Waals surface area contributed by atoms with E-state index in [0.29, 0.717) is 15.6 Å². The first-order chi connectivity index (χ1) is 12.0. The maximum atomic E-state index is 12.6. The number of amides is 2. The summed E-state index contributed by atoms with van der Waals surface area (Å²) in [5.74, 6) is -0.474. The quantitative estimate of drug-likeness (QED) is 0.725. The Balaban J connectivity index is 1.75. The summed E-state index contributed by atoms with van der Waals surface area (Å²) in [6, 6.07) is 14.9. The number of likely N-dealkylation sites (N-methyl/N-ethyl adjacent to an activating group) is 1. The van der Waals surface area contributed by atoms with Gasteiger partial charge in [0.05, 0.1) is 21.9 Å². The molecule has 1 N–H and O–H groups in total. The van der Waals surface area contributed by atoms with Crippen LogP contribution >= 0.6 is 27.7 Å². The van der Waals surface area contributed by atoms with Gasteiger partial charge in [-0.3, -0.25) is 9.59 Å². The lowest BCUT2D eigenvalue weighted by atomic mass is 10.1. The number of thioether (sulfide) groups is 1. The van der Waals surface area contributed by atoms with Gasteiger partial charge < -0.3 is 10.2 Å². The molecule has 7 heteroatoms.